The van der Waals surface area contributed by atoms with Gasteiger partial charge in [-0.2, -0.15) is 0 Å². The van der Waals surface area contributed by atoms with Gasteiger partial charge in [0, 0.05) is 11.8 Å². The molecule has 0 aliphatic carbocycles. The van der Waals surface area contributed by atoms with Crippen molar-refractivity contribution in [2.24, 2.45) is 5.73 Å². The number of benzene rings is 1. The Hall–Kier alpha value is -1.77. The van der Waals surface area contributed by atoms with Gasteiger partial charge < -0.3 is 10.5 Å². The van der Waals surface area contributed by atoms with E-state index in [1.165, 1.54) is 6.20 Å². The molecule has 0 heterocycles. The second kappa shape index (κ2) is 4.30. The van der Waals surface area contributed by atoms with Gasteiger partial charge in [0.25, 0.3) is 0 Å². The molecule has 0 atom stereocenters. The van der Waals surface area contributed by atoms with Crippen LogP contribution < -0.4 is 10.5 Å². The van der Waals surface area contributed by atoms with Gasteiger partial charge in [-0.1, -0.05) is 12.1 Å². The Kier molecular flexibility index (Phi) is 3.09. The van der Waals surface area contributed by atoms with Crippen molar-refractivity contribution in [1.82, 2.24) is 0 Å². The number of ether oxygens (including phenoxy) is 1. The maximum absolute atomic E-state index is 10.5. The number of hydrogen-bond donors (Lipinski definition) is 1. The van der Waals surface area contributed by atoms with Gasteiger partial charge in [0.2, 0.25) is 0 Å². The summed E-state index contributed by atoms with van der Waals surface area (Å²) < 4.78 is 4.98. The van der Waals surface area contributed by atoms with Crippen LogP contribution in [0.4, 0.5) is 0 Å². The molecule has 0 bridgehead atoms. The molecule has 0 saturated carbocycles. The number of hydrogen-bond acceptors (Lipinski definition) is 3. The van der Waals surface area contributed by atoms with E-state index in [4.69, 9.17) is 10.5 Å². The SMILES string of the molecule is COc1ccc(/C(C=O)=C/N)cc1. The fourth-order valence-electron chi connectivity index (χ4n) is 0.987. The van der Waals surface area contributed by atoms with Gasteiger partial charge in [-0.3, -0.25) is 4.79 Å². The minimum absolute atomic E-state index is 0.475. The van der Waals surface area contributed by atoms with E-state index >= 15 is 0 Å². The highest BCUT2D eigenvalue weighted by atomic mass is 16.5. The monoisotopic (exact) mass is 177 g/mol. The molecule has 0 spiro atoms. The highest BCUT2D eigenvalue weighted by Crippen LogP contribution is 2.16. The van der Waals surface area contributed by atoms with Crippen molar-refractivity contribution in [2.45, 2.75) is 0 Å². The number of rotatable bonds is 3. The van der Waals surface area contributed by atoms with Crippen LogP contribution in [0.3, 0.4) is 0 Å². The molecule has 3 nitrogen and oxygen atoms in total. The molecule has 0 radical (unpaired) electrons. The summed E-state index contributed by atoms with van der Waals surface area (Å²) >= 11 is 0. The summed E-state index contributed by atoms with van der Waals surface area (Å²) in [6.07, 6.45) is 2.01. The van der Waals surface area contributed by atoms with Crippen molar-refractivity contribution >= 4 is 11.9 Å². The zero-order chi connectivity index (χ0) is 9.68. The summed E-state index contributed by atoms with van der Waals surface area (Å²) in [4.78, 5) is 10.5. The summed E-state index contributed by atoms with van der Waals surface area (Å²) in [6.45, 7) is 0. The number of methoxy groups -OCH3 is 1. The Morgan fingerprint density at radius 1 is 1.38 bits per heavy atom. The van der Waals surface area contributed by atoms with Gasteiger partial charge in [0.05, 0.1) is 7.11 Å². The first-order valence-electron chi connectivity index (χ1n) is 3.83. The van der Waals surface area contributed by atoms with Crippen LogP contribution in [0, 0.1) is 0 Å². The summed E-state index contributed by atoms with van der Waals surface area (Å²) in [6, 6.07) is 7.13. The highest BCUT2D eigenvalue weighted by Gasteiger charge is 1.98. The summed E-state index contributed by atoms with van der Waals surface area (Å²) in [5, 5.41) is 0. The third-order valence-electron chi connectivity index (χ3n) is 1.73. The Balaban J connectivity index is 2.97. The van der Waals surface area contributed by atoms with Crippen molar-refractivity contribution in [3.05, 3.63) is 36.0 Å². The normalized spacial score (nSPS) is 11.0. The van der Waals surface area contributed by atoms with Gasteiger partial charge >= 0.3 is 0 Å². The van der Waals surface area contributed by atoms with E-state index in [0.717, 1.165) is 17.6 Å². The number of aldehydes is 1. The molecule has 0 saturated heterocycles. The topological polar surface area (TPSA) is 52.3 Å². The highest BCUT2D eigenvalue weighted by molar-refractivity contribution is 6.06. The fraction of sp³-hybridized carbons (Fsp3) is 0.100. The molecule has 0 aliphatic heterocycles. The third-order valence-corrected chi connectivity index (χ3v) is 1.73. The molecule has 0 amide bonds. The molecule has 0 unspecified atom stereocenters. The van der Waals surface area contributed by atoms with Crippen molar-refractivity contribution in [2.75, 3.05) is 7.11 Å². The minimum Gasteiger partial charge on any atom is -0.497 e. The lowest BCUT2D eigenvalue weighted by molar-refractivity contribution is -0.103. The van der Waals surface area contributed by atoms with Crippen LogP contribution in [0.25, 0.3) is 5.57 Å². The molecule has 1 aromatic rings. The Morgan fingerprint density at radius 3 is 2.38 bits per heavy atom. The first kappa shape index (κ1) is 9.32. The van der Waals surface area contributed by atoms with E-state index in [9.17, 15) is 4.79 Å². The van der Waals surface area contributed by atoms with E-state index in [1.54, 1.807) is 31.4 Å². The van der Waals surface area contributed by atoms with Crippen LogP contribution >= 0.6 is 0 Å². The third kappa shape index (κ3) is 2.08. The molecule has 1 rings (SSSR count). The second-order valence-corrected chi connectivity index (χ2v) is 2.47. The zero-order valence-electron chi connectivity index (χ0n) is 7.36. The Bertz CT molecular complexity index is 314. The lowest BCUT2D eigenvalue weighted by Crippen LogP contribution is -1.91. The molecule has 1 aromatic carbocycles. The average molecular weight is 177 g/mol. The predicted octanol–water partition coefficient (Wildman–Crippen LogP) is 1.19. The Morgan fingerprint density at radius 2 is 2.00 bits per heavy atom. The fourth-order valence-corrected chi connectivity index (χ4v) is 0.987. The van der Waals surface area contributed by atoms with Crippen LogP contribution in [0.2, 0.25) is 0 Å². The molecule has 0 fully saturated rings. The largest absolute Gasteiger partial charge is 0.497 e. The van der Waals surface area contributed by atoms with Gasteiger partial charge in [0.15, 0.2) is 6.29 Å². The van der Waals surface area contributed by atoms with E-state index in [-0.39, 0.29) is 0 Å². The van der Waals surface area contributed by atoms with Gasteiger partial charge in [-0.05, 0) is 17.7 Å². The maximum atomic E-state index is 10.5. The maximum Gasteiger partial charge on any atom is 0.152 e. The van der Waals surface area contributed by atoms with Gasteiger partial charge in [0.1, 0.15) is 5.75 Å². The summed E-state index contributed by atoms with van der Waals surface area (Å²) in [7, 11) is 1.59. The molecular weight excluding hydrogens is 166 g/mol. The molecular formula is C10H11NO2. The molecule has 0 aliphatic rings. The van der Waals surface area contributed by atoms with Crippen LogP contribution in [-0.4, -0.2) is 13.4 Å². The van der Waals surface area contributed by atoms with Gasteiger partial charge in [-0.25, -0.2) is 0 Å². The number of carbonyl (C=O) groups is 1. The van der Waals surface area contributed by atoms with E-state index in [0.29, 0.717) is 5.57 Å². The second-order valence-electron chi connectivity index (χ2n) is 2.47. The quantitative estimate of drug-likeness (QED) is 0.557. The first-order chi connectivity index (χ1) is 6.31. The van der Waals surface area contributed by atoms with Crippen LogP contribution in [0.5, 0.6) is 5.75 Å². The van der Waals surface area contributed by atoms with E-state index in [2.05, 4.69) is 0 Å². The number of allylic oxidation sites excluding steroid dienone is 1. The van der Waals surface area contributed by atoms with Crippen molar-refractivity contribution in [3.63, 3.8) is 0 Å². The standard InChI is InChI=1S/C10H11NO2/c1-13-10-4-2-8(3-5-10)9(6-11)7-12/h2-7H,11H2,1H3/b9-6+. The van der Waals surface area contributed by atoms with E-state index < -0.39 is 0 Å². The molecule has 2 N–H and O–H groups in total. The summed E-state index contributed by atoms with van der Waals surface area (Å²) in [5.41, 5.74) is 6.53. The number of nitrogens with two attached hydrogens (primary N) is 1. The Labute approximate surface area is 76.8 Å². The van der Waals surface area contributed by atoms with Crippen LogP contribution in [0.15, 0.2) is 30.5 Å². The van der Waals surface area contributed by atoms with Crippen LogP contribution in [-0.2, 0) is 4.79 Å². The van der Waals surface area contributed by atoms with Gasteiger partial charge in [-0.15, -0.1) is 0 Å². The predicted molar refractivity (Wildman–Crippen MR) is 51.2 cm³/mol. The van der Waals surface area contributed by atoms with Crippen molar-refractivity contribution < 1.29 is 9.53 Å². The summed E-state index contributed by atoms with van der Waals surface area (Å²) in [5.74, 6) is 0.756. The average Bonchev–Trinajstić information content (AvgIpc) is 2.21. The lowest BCUT2D eigenvalue weighted by Gasteiger charge is -2.01. The molecule has 0 aromatic heterocycles. The smallest absolute Gasteiger partial charge is 0.152 e. The molecule has 68 valence electrons. The van der Waals surface area contributed by atoms with Crippen molar-refractivity contribution in [3.8, 4) is 5.75 Å². The molecule has 3 heteroatoms. The number of carbonyl (C=O) groups excluding carboxylic acids is 1. The minimum atomic E-state index is 0.475. The zero-order valence-corrected chi connectivity index (χ0v) is 7.36. The van der Waals surface area contributed by atoms with Crippen molar-refractivity contribution in [1.29, 1.82) is 0 Å². The first-order valence-corrected chi connectivity index (χ1v) is 3.83. The molecule has 13 heavy (non-hydrogen) atoms. The lowest BCUT2D eigenvalue weighted by atomic mass is 10.1. The van der Waals surface area contributed by atoms with E-state index in [1.807, 2.05) is 0 Å². The van der Waals surface area contributed by atoms with Crippen LogP contribution in [0.1, 0.15) is 5.56 Å².